The van der Waals surface area contributed by atoms with Crippen LogP contribution < -0.4 is 11.2 Å². The summed E-state index contributed by atoms with van der Waals surface area (Å²) in [6.07, 6.45) is 0.678. The van der Waals surface area contributed by atoms with Crippen LogP contribution in [0.5, 0.6) is 0 Å². The Morgan fingerprint density at radius 3 is 2.78 bits per heavy atom. The molecule has 0 aliphatic carbocycles. The van der Waals surface area contributed by atoms with Crippen molar-refractivity contribution in [2.24, 2.45) is 5.84 Å². The van der Waals surface area contributed by atoms with Crippen LogP contribution >= 0.6 is 0 Å². The van der Waals surface area contributed by atoms with Crippen molar-refractivity contribution < 1.29 is 9.18 Å². The van der Waals surface area contributed by atoms with Gasteiger partial charge in [0.1, 0.15) is 12.4 Å². The molecule has 4 nitrogen and oxygen atoms in total. The predicted molar refractivity (Wildman–Crippen MR) is 68.6 cm³/mol. The van der Waals surface area contributed by atoms with Gasteiger partial charge >= 0.3 is 0 Å². The monoisotopic (exact) mass is 251 g/mol. The van der Waals surface area contributed by atoms with Gasteiger partial charge in [-0.2, -0.15) is 0 Å². The molecular formula is C13H18FN3O. The number of rotatable bonds is 6. The van der Waals surface area contributed by atoms with Crippen LogP contribution in [0.2, 0.25) is 0 Å². The number of nitrogens with one attached hydrogen (secondary N) is 1. The van der Waals surface area contributed by atoms with Crippen molar-refractivity contribution in [2.45, 2.75) is 19.9 Å². The van der Waals surface area contributed by atoms with E-state index < -0.39 is 0 Å². The van der Waals surface area contributed by atoms with Gasteiger partial charge in [0, 0.05) is 17.8 Å². The molecule has 0 aromatic heterocycles. The maximum atomic E-state index is 13.3. The number of benzene rings is 1. The first-order chi connectivity index (χ1) is 8.54. The number of hydrogen-bond donors (Lipinski definition) is 2. The van der Waals surface area contributed by atoms with Gasteiger partial charge in [0.15, 0.2) is 0 Å². The van der Waals surface area contributed by atoms with Crippen molar-refractivity contribution >= 4 is 5.91 Å². The third kappa shape index (κ3) is 4.18. The molecule has 3 N–H and O–H groups in total. The number of carbonyl (C=O) groups excluding carboxylic acids is 1. The number of hydrazine groups is 1. The highest BCUT2D eigenvalue weighted by atomic mass is 19.1. The number of carbonyl (C=O) groups is 1. The van der Waals surface area contributed by atoms with Crippen LogP contribution in [0.4, 0.5) is 4.39 Å². The summed E-state index contributed by atoms with van der Waals surface area (Å²) < 4.78 is 13.3. The second-order valence-electron chi connectivity index (χ2n) is 3.92. The van der Waals surface area contributed by atoms with Crippen LogP contribution in [0.25, 0.3) is 0 Å². The summed E-state index contributed by atoms with van der Waals surface area (Å²) in [5.41, 5.74) is 1.12. The van der Waals surface area contributed by atoms with Crippen molar-refractivity contribution in [1.29, 1.82) is 0 Å². The highest BCUT2D eigenvalue weighted by Crippen LogP contribution is 2.05. The molecule has 0 unspecified atom stereocenters. The molecule has 0 spiro atoms. The normalized spacial score (nSPS) is 9.94. The number of nitrogens with two attached hydrogens (primary N) is 1. The molecule has 0 saturated heterocycles. The van der Waals surface area contributed by atoms with Crippen molar-refractivity contribution in [2.75, 3.05) is 6.54 Å². The van der Waals surface area contributed by atoms with E-state index in [1.54, 1.807) is 18.2 Å². The Labute approximate surface area is 106 Å². The number of nitrogens with zero attached hydrogens (tertiary/aromatic N) is 1. The van der Waals surface area contributed by atoms with Gasteiger partial charge in [-0.1, -0.05) is 31.7 Å². The molecule has 0 saturated carbocycles. The average molecular weight is 251 g/mol. The Morgan fingerprint density at radius 1 is 1.50 bits per heavy atom. The first kappa shape index (κ1) is 14.2. The van der Waals surface area contributed by atoms with E-state index in [0.29, 0.717) is 17.7 Å². The highest BCUT2D eigenvalue weighted by molar-refractivity contribution is 5.78. The van der Waals surface area contributed by atoms with Gasteiger partial charge in [0.05, 0.1) is 0 Å². The lowest BCUT2D eigenvalue weighted by atomic mass is 10.2. The number of hydrogen-bond acceptors (Lipinski definition) is 3. The minimum atomic E-state index is -0.333. The van der Waals surface area contributed by atoms with Crippen molar-refractivity contribution in [1.82, 2.24) is 10.3 Å². The fourth-order valence-corrected chi connectivity index (χ4v) is 1.36. The molecule has 98 valence electrons. The SMILES string of the molecule is C=C(CC)N(N)CC(=O)NCc1ccccc1F. The molecule has 1 amide bonds. The van der Waals surface area contributed by atoms with Gasteiger partial charge in [0.2, 0.25) is 5.91 Å². The van der Waals surface area contributed by atoms with E-state index >= 15 is 0 Å². The van der Waals surface area contributed by atoms with Gasteiger partial charge < -0.3 is 10.3 Å². The number of allylic oxidation sites excluding steroid dienone is 1. The summed E-state index contributed by atoms with van der Waals surface area (Å²) in [5, 5.41) is 3.90. The standard InChI is InChI=1S/C13H18FN3O/c1-3-10(2)17(15)9-13(18)16-8-11-6-4-5-7-12(11)14/h4-7H,2-3,8-9,15H2,1H3,(H,16,18). The van der Waals surface area contributed by atoms with E-state index in [1.165, 1.54) is 11.1 Å². The van der Waals surface area contributed by atoms with E-state index in [0.717, 1.165) is 0 Å². The van der Waals surface area contributed by atoms with Crippen molar-refractivity contribution in [3.8, 4) is 0 Å². The first-order valence-electron chi connectivity index (χ1n) is 5.74. The molecule has 1 aromatic rings. The van der Waals surface area contributed by atoms with Gasteiger partial charge in [-0.15, -0.1) is 0 Å². The van der Waals surface area contributed by atoms with Crippen molar-refractivity contribution in [3.63, 3.8) is 0 Å². The Morgan fingerprint density at radius 2 is 2.17 bits per heavy atom. The molecular weight excluding hydrogens is 233 g/mol. The Bertz CT molecular complexity index is 434. The summed E-state index contributed by atoms with van der Waals surface area (Å²) in [5.74, 6) is 5.03. The topological polar surface area (TPSA) is 58.4 Å². The third-order valence-corrected chi connectivity index (χ3v) is 2.56. The number of amides is 1. The largest absolute Gasteiger partial charge is 0.350 e. The molecule has 18 heavy (non-hydrogen) atoms. The molecule has 0 fully saturated rings. The van der Waals surface area contributed by atoms with Crippen LogP contribution in [0.3, 0.4) is 0 Å². The Hall–Kier alpha value is -1.88. The fraction of sp³-hybridized carbons (Fsp3) is 0.308. The maximum absolute atomic E-state index is 13.3. The zero-order chi connectivity index (χ0) is 13.5. The van der Waals surface area contributed by atoms with E-state index in [-0.39, 0.29) is 24.8 Å². The summed E-state index contributed by atoms with van der Waals surface area (Å²) in [7, 11) is 0. The highest BCUT2D eigenvalue weighted by Gasteiger charge is 2.08. The van der Waals surface area contributed by atoms with Gasteiger partial charge in [-0.05, 0) is 12.5 Å². The minimum absolute atomic E-state index is 0.0150. The Balaban J connectivity index is 2.43. The lowest BCUT2D eigenvalue weighted by Gasteiger charge is -2.19. The Kier molecular flexibility index (Phi) is 5.32. The molecule has 0 aliphatic heterocycles. The first-order valence-corrected chi connectivity index (χ1v) is 5.74. The van der Waals surface area contributed by atoms with Crippen molar-refractivity contribution in [3.05, 3.63) is 47.9 Å². The molecule has 0 radical (unpaired) electrons. The summed E-state index contributed by atoms with van der Waals surface area (Å²) in [6.45, 7) is 5.79. The van der Waals surface area contributed by atoms with Crippen LogP contribution in [-0.4, -0.2) is 17.5 Å². The smallest absolute Gasteiger partial charge is 0.241 e. The van der Waals surface area contributed by atoms with E-state index in [2.05, 4.69) is 11.9 Å². The molecule has 0 heterocycles. The second kappa shape index (κ2) is 6.76. The number of halogens is 1. The molecule has 1 rings (SSSR count). The molecule has 0 aliphatic rings. The van der Waals surface area contributed by atoms with Gasteiger partial charge in [-0.3, -0.25) is 4.79 Å². The lowest BCUT2D eigenvalue weighted by Crippen LogP contribution is -2.40. The predicted octanol–water partition coefficient (Wildman–Crippen LogP) is 1.54. The van der Waals surface area contributed by atoms with Crippen LogP contribution in [0.15, 0.2) is 36.5 Å². The quantitative estimate of drug-likeness (QED) is 0.595. The van der Waals surface area contributed by atoms with E-state index in [4.69, 9.17) is 5.84 Å². The maximum Gasteiger partial charge on any atom is 0.241 e. The molecule has 1 aromatic carbocycles. The fourth-order valence-electron chi connectivity index (χ4n) is 1.36. The zero-order valence-electron chi connectivity index (χ0n) is 10.4. The van der Waals surface area contributed by atoms with E-state index in [1.807, 2.05) is 6.92 Å². The second-order valence-corrected chi connectivity index (χ2v) is 3.92. The summed E-state index contributed by atoms with van der Waals surface area (Å²) >= 11 is 0. The third-order valence-electron chi connectivity index (χ3n) is 2.56. The van der Waals surface area contributed by atoms with Crippen LogP contribution in [0.1, 0.15) is 18.9 Å². The lowest BCUT2D eigenvalue weighted by molar-refractivity contribution is -0.122. The zero-order valence-corrected chi connectivity index (χ0v) is 10.4. The average Bonchev–Trinajstić information content (AvgIpc) is 2.36. The van der Waals surface area contributed by atoms with Crippen LogP contribution in [0, 0.1) is 5.82 Å². The van der Waals surface area contributed by atoms with E-state index in [9.17, 15) is 9.18 Å². The summed E-state index contributed by atoms with van der Waals surface area (Å²) in [6, 6.07) is 6.31. The molecule has 0 atom stereocenters. The van der Waals surface area contributed by atoms with Gasteiger partial charge in [-0.25, -0.2) is 10.2 Å². The summed E-state index contributed by atoms with van der Waals surface area (Å²) in [4.78, 5) is 11.6. The molecule has 0 bridgehead atoms. The van der Waals surface area contributed by atoms with Crippen LogP contribution in [-0.2, 0) is 11.3 Å². The minimum Gasteiger partial charge on any atom is -0.350 e. The van der Waals surface area contributed by atoms with Gasteiger partial charge in [0.25, 0.3) is 0 Å². The molecule has 5 heteroatoms.